The minimum absolute atomic E-state index is 0.0588. The van der Waals surface area contributed by atoms with Crippen LogP contribution in [-0.2, 0) is 29.8 Å². The third-order valence-electron chi connectivity index (χ3n) is 6.49. The molecule has 0 saturated carbocycles. The largest absolute Gasteiger partial charge is 0.456 e. The van der Waals surface area contributed by atoms with Gasteiger partial charge in [-0.05, 0) is 48.7 Å². The number of benzene rings is 2. The van der Waals surface area contributed by atoms with Crippen LogP contribution in [0.1, 0.15) is 32.3 Å². The number of fused-ring (bicyclic) bond motifs is 1. The molecule has 34 heavy (non-hydrogen) atoms. The molecule has 180 valence electrons. The highest BCUT2D eigenvalue weighted by atomic mass is 35.5. The van der Waals surface area contributed by atoms with E-state index in [-0.39, 0.29) is 22.6 Å². The Hall–Kier alpha value is -2.68. The lowest BCUT2D eigenvalue weighted by Gasteiger charge is -2.24. The van der Waals surface area contributed by atoms with E-state index < -0.39 is 28.6 Å². The zero-order valence-corrected chi connectivity index (χ0v) is 20.9. The van der Waals surface area contributed by atoms with Crippen LogP contribution >= 0.6 is 11.6 Å². The topological polar surface area (TPSA) is 84.0 Å². The molecule has 2 heterocycles. The van der Waals surface area contributed by atoms with Gasteiger partial charge in [0.25, 0.3) is 0 Å². The molecular formula is C25H27ClN2O5S. The fourth-order valence-electron chi connectivity index (χ4n) is 4.70. The maximum Gasteiger partial charge on any atom is 0.324 e. The van der Waals surface area contributed by atoms with Crippen molar-refractivity contribution in [3.63, 3.8) is 0 Å². The fourth-order valence-corrected chi connectivity index (χ4v) is 6.47. The summed E-state index contributed by atoms with van der Waals surface area (Å²) in [6.07, 6.45) is 2.37. The molecule has 0 N–H and O–H groups in total. The number of nitrogens with zero attached hydrogens (tertiary/aromatic N) is 2. The Morgan fingerprint density at radius 3 is 2.50 bits per heavy atom. The number of carbonyl (C=O) groups is 2. The first-order valence-corrected chi connectivity index (χ1v) is 12.9. The highest BCUT2D eigenvalue weighted by Gasteiger charge is 2.41. The number of sulfonamides is 1. The monoisotopic (exact) mass is 502 g/mol. The molecule has 0 unspecified atom stereocenters. The molecule has 0 amide bonds. The van der Waals surface area contributed by atoms with E-state index in [1.807, 2.05) is 50.1 Å². The van der Waals surface area contributed by atoms with Gasteiger partial charge in [-0.2, -0.15) is 4.31 Å². The lowest BCUT2D eigenvalue weighted by atomic mass is 9.83. The van der Waals surface area contributed by atoms with Gasteiger partial charge in [0.15, 0.2) is 12.4 Å². The number of para-hydroxylation sites is 1. The number of hydrogen-bond donors (Lipinski definition) is 0. The second kappa shape index (κ2) is 9.17. The second-order valence-corrected chi connectivity index (χ2v) is 11.4. The van der Waals surface area contributed by atoms with E-state index in [2.05, 4.69) is 0 Å². The summed E-state index contributed by atoms with van der Waals surface area (Å²) in [5, 5.41) is 0.420. The number of allylic oxidation sites excluding steroid dienone is 1. The van der Waals surface area contributed by atoms with Crippen molar-refractivity contribution in [2.24, 2.45) is 0 Å². The van der Waals surface area contributed by atoms with Gasteiger partial charge in [0.05, 0.1) is 4.90 Å². The van der Waals surface area contributed by atoms with Gasteiger partial charge >= 0.3 is 5.97 Å². The summed E-state index contributed by atoms with van der Waals surface area (Å²) in [6, 6.07) is 12.8. The molecule has 0 bridgehead atoms. The van der Waals surface area contributed by atoms with Gasteiger partial charge in [0, 0.05) is 41.5 Å². The SMILES string of the molecule is CN1/C(=C/C(=O)COC(=O)[C@@H]2CCCN2S(=O)(=O)c2ccc(Cl)cc2)C(C)(C)c2ccccc21. The maximum absolute atomic E-state index is 13.0. The number of hydrogen-bond acceptors (Lipinski definition) is 6. The van der Waals surface area contributed by atoms with Crippen molar-refractivity contribution < 1.29 is 22.7 Å². The van der Waals surface area contributed by atoms with E-state index in [1.165, 1.54) is 30.3 Å². The molecule has 7 nitrogen and oxygen atoms in total. The molecule has 0 aromatic heterocycles. The van der Waals surface area contributed by atoms with E-state index in [0.29, 0.717) is 17.9 Å². The van der Waals surface area contributed by atoms with Crippen LogP contribution in [0.25, 0.3) is 0 Å². The molecule has 0 aliphatic carbocycles. The zero-order chi connectivity index (χ0) is 24.7. The molecule has 1 fully saturated rings. The Kier molecular flexibility index (Phi) is 6.59. The molecule has 0 spiro atoms. The predicted molar refractivity (Wildman–Crippen MR) is 130 cm³/mol. The van der Waals surface area contributed by atoms with Gasteiger partial charge < -0.3 is 9.64 Å². The van der Waals surface area contributed by atoms with E-state index in [0.717, 1.165) is 21.3 Å². The number of likely N-dealkylation sites (N-methyl/N-ethyl adjacent to an activating group) is 1. The normalized spacial score (nSPS) is 21.0. The number of ketones is 1. The third kappa shape index (κ3) is 4.37. The molecule has 2 aliphatic heterocycles. The van der Waals surface area contributed by atoms with Gasteiger partial charge in [-0.15, -0.1) is 0 Å². The molecule has 1 atom stereocenters. The molecule has 9 heteroatoms. The van der Waals surface area contributed by atoms with Crippen molar-refractivity contribution in [3.8, 4) is 0 Å². The first-order valence-electron chi connectivity index (χ1n) is 11.1. The fraction of sp³-hybridized carbons (Fsp3) is 0.360. The molecule has 2 aliphatic rings. The molecule has 2 aromatic rings. The van der Waals surface area contributed by atoms with Crippen molar-refractivity contribution >= 4 is 39.1 Å². The Labute approximate surface area is 205 Å². The van der Waals surface area contributed by atoms with Gasteiger partial charge in [0.1, 0.15) is 6.04 Å². The Balaban J connectivity index is 1.44. The minimum Gasteiger partial charge on any atom is -0.456 e. The van der Waals surface area contributed by atoms with E-state index in [9.17, 15) is 18.0 Å². The van der Waals surface area contributed by atoms with Crippen LogP contribution < -0.4 is 4.90 Å². The van der Waals surface area contributed by atoms with E-state index in [1.54, 1.807) is 0 Å². The van der Waals surface area contributed by atoms with Crippen molar-refractivity contribution in [2.75, 3.05) is 25.1 Å². The Morgan fingerprint density at radius 1 is 1.15 bits per heavy atom. The van der Waals surface area contributed by atoms with Crippen LogP contribution in [0.3, 0.4) is 0 Å². The summed E-state index contributed by atoms with van der Waals surface area (Å²) in [4.78, 5) is 27.5. The van der Waals surface area contributed by atoms with Crippen LogP contribution in [0.5, 0.6) is 0 Å². The number of anilines is 1. The molecule has 2 aromatic carbocycles. The Morgan fingerprint density at radius 2 is 1.82 bits per heavy atom. The maximum atomic E-state index is 13.0. The third-order valence-corrected chi connectivity index (χ3v) is 8.67. The first kappa shape index (κ1) is 24.4. The van der Waals surface area contributed by atoms with Crippen molar-refractivity contribution in [2.45, 2.75) is 43.0 Å². The van der Waals surface area contributed by atoms with Crippen molar-refractivity contribution in [1.29, 1.82) is 0 Å². The summed E-state index contributed by atoms with van der Waals surface area (Å²) >= 11 is 5.86. The average molecular weight is 503 g/mol. The smallest absolute Gasteiger partial charge is 0.324 e. The first-order chi connectivity index (χ1) is 16.0. The summed E-state index contributed by atoms with van der Waals surface area (Å²) in [6.45, 7) is 3.84. The van der Waals surface area contributed by atoms with Crippen LogP contribution in [0.2, 0.25) is 5.02 Å². The quantitative estimate of drug-likeness (QED) is 0.440. The lowest BCUT2D eigenvalue weighted by molar-refractivity contribution is -0.150. The number of carbonyl (C=O) groups excluding carboxylic acids is 2. The van der Waals surface area contributed by atoms with Crippen molar-refractivity contribution in [1.82, 2.24) is 4.31 Å². The van der Waals surface area contributed by atoms with Gasteiger partial charge in [0.2, 0.25) is 10.0 Å². The van der Waals surface area contributed by atoms with Gasteiger partial charge in [-0.1, -0.05) is 43.6 Å². The summed E-state index contributed by atoms with van der Waals surface area (Å²) in [7, 11) is -1.99. The highest BCUT2D eigenvalue weighted by molar-refractivity contribution is 7.89. The van der Waals surface area contributed by atoms with Crippen LogP contribution in [0.4, 0.5) is 5.69 Å². The summed E-state index contributed by atoms with van der Waals surface area (Å²) in [5.41, 5.74) is 2.57. The minimum atomic E-state index is -3.89. The standard InChI is InChI=1S/C25H27ClN2O5S/c1-25(2)20-7-4-5-8-21(20)27(3)23(25)15-18(29)16-33-24(30)22-9-6-14-28(22)34(31,32)19-12-10-17(26)11-13-19/h4-5,7-8,10-13,15,22H,6,9,14,16H2,1-3H3/b23-15+/t22-/m0/s1. The molecule has 0 radical (unpaired) electrons. The predicted octanol–water partition coefficient (Wildman–Crippen LogP) is 3.92. The lowest BCUT2D eigenvalue weighted by Crippen LogP contribution is -2.41. The van der Waals surface area contributed by atoms with E-state index in [4.69, 9.17) is 16.3 Å². The van der Waals surface area contributed by atoms with Crippen LogP contribution in [-0.4, -0.2) is 50.7 Å². The van der Waals surface area contributed by atoms with Crippen LogP contribution in [0, 0.1) is 0 Å². The zero-order valence-electron chi connectivity index (χ0n) is 19.3. The Bertz CT molecular complexity index is 1250. The number of rotatable bonds is 6. The van der Waals surface area contributed by atoms with Crippen LogP contribution in [0.15, 0.2) is 65.2 Å². The average Bonchev–Trinajstić information content (AvgIpc) is 3.37. The van der Waals surface area contributed by atoms with Crippen molar-refractivity contribution in [3.05, 3.63) is 70.9 Å². The molecule has 4 rings (SSSR count). The summed E-state index contributed by atoms with van der Waals surface area (Å²) < 4.78 is 32.5. The second-order valence-electron chi connectivity index (χ2n) is 9.03. The molecular weight excluding hydrogens is 476 g/mol. The summed E-state index contributed by atoms with van der Waals surface area (Å²) in [5.74, 6) is -1.08. The highest BCUT2D eigenvalue weighted by Crippen LogP contribution is 2.46. The number of halogens is 1. The number of ether oxygens (including phenoxy) is 1. The number of esters is 1. The van der Waals surface area contributed by atoms with E-state index >= 15 is 0 Å². The molecule has 1 saturated heterocycles. The van der Waals surface area contributed by atoms with Gasteiger partial charge in [-0.3, -0.25) is 9.59 Å². The van der Waals surface area contributed by atoms with Gasteiger partial charge in [-0.25, -0.2) is 8.42 Å².